The van der Waals surface area contributed by atoms with Gasteiger partial charge in [-0.05, 0) is 197 Å². The second kappa shape index (κ2) is 31.8. The van der Waals surface area contributed by atoms with Gasteiger partial charge in [-0.2, -0.15) is 0 Å². The summed E-state index contributed by atoms with van der Waals surface area (Å²) in [5.41, 5.74) is 33.6. The van der Waals surface area contributed by atoms with Crippen LogP contribution in [-0.2, 0) is 63.3 Å². The van der Waals surface area contributed by atoms with E-state index in [-0.39, 0.29) is 21.7 Å². The quantitative estimate of drug-likeness (QED) is 0.142. The molecular weight excluding hydrogens is 1160 g/mol. The van der Waals surface area contributed by atoms with Gasteiger partial charge in [-0.15, -0.1) is 0 Å². The van der Waals surface area contributed by atoms with Crippen LogP contribution < -0.4 is 22.8 Å². The molecule has 5 nitrogen and oxygen atoms in total. The third kappa shape index (κ3) is 20.2. The zero-order chi connectivity index (χ0) is 74.2. The lowest BCUT2D eigenvalue weighted by Crippen LogP contribution is -2.34. The Bertz CT molecular complexity index is 4280. The molecule has 10 rings (SSSR count). The second-order valence-corrected chi connectivity index (χ2v) is 31.9. The molecule has 0 unspecified atom stereocenters. The molecule has 5 heterocycles. The van der Waals surface area contributed by atoms with Crippen LogP contribution in [0, 0.1) is 82.0 Å². The largest absolute Gasteiger partial charge is 0.212 e. The smallest absolute Gasteiger partial charge is 0.201 e. The van der Waals surface area contributed by atoms with E-state index in [2.05, 4.69) is 369 Å². The number of nitrogens with zero attached hydrogens (tertiary/aromatic N) is 5. The van der Waals surface area contributed by atoms with E-state index in [1.807, 2.05) is 20.0 Å². The van der Waals surface area contributed by atoms with Gasteiger partial charge in [0, 0.05) is 90.1 Å². The van der Waals surface area contributed by atoms with E-state index in [0.29, 0.717) is 11.5 Å². The number of hydrogen-bond donors (Lipinski definition) is 0. The summed E-state index contributed by atoms with van der Waals surface area (Å²) in [6.45, 7) is 51.0. The maximum Gasteiger partial charge on any atom is 0.212 e. The van der Waals surface area contributed by atoms with Crippen LogP contribution in [0.25, 0.3) is 56.3 Å². The summed E-state index contributed by atoms with van der Waals surface area (Å²) in [7, 11) is 10.6. The Hall–Kier alpha value is -8.15. The average molecular weight is 1290 g/mol. The molecule has 0 aliphatic heterocycles. The monoisotopic (exact) mass is 1290 g/mol. The summed E-state index contributed by atoms with van der Waals surface area (Å²) in [5.74, 6) is 0.695. The molecule has 5 heteroatoms. The van der Waals surface area contributed by atoms with Crippen molar-refractivity contribution in [3.63, 3.8) is 0 Å². The molecule has 0 amide bonds. The maximum atomic E-state index is 7.51. The summed E-state index contributed by atoms with van der Waals surface area (Å²) >= 11 is 0. The second-order valence-electron chi connectivity index (χ2n) is 31.9. The van der Waals surface area contributed by atoms with Crippen LogP contribution in [0.1, 0.15) is 190 Å². The van der Waals surface area contributed by atoms with Gasteiger partial charge in [0.2, 0.25) is 28.5 Å². The maximum absolute atomic E-state index is 7.51. The molecule has 5 aromatic carbocycles. The summed E-state index contributed by atoms with van der Waals surface area (Å²) in [4.78, 5) is 0. The first-order chi connectivity index (χ1) is 45.8. The fourth-order valence-corrected chi connectivity index (χ4v) is 12.9. The van der Waals surface area contributed by atoms with Gasteiger partial charge in [0.15, 0.2) is 31.0 Å². The summed E-state index contributed by atoms with van der Waals surface area (Å²) < 4.78 is 33.6. The van der Waals surface area contributed by atoms with E-state index >= 15 is 0 Å². The van der Waals surface area contributed by atoms with Crippen molar-refractivity contribution in [2.45, 2.75) is 201 Å². The van der Waals surface area contributed by atoms with Gasteiger partial charge in [-0.25, -0.2) is 22.8 Å². The van der Waals surface area contributed by atoms with Gasteiger partial charge >= 0.3 is 0 Å². The Morgan fingerprint density at radius 3 is 0.938 bits per heavy atom. The summed E-state index contributed by atoms with van der Waals surface area (Å²) in [6.07, 6.45) is 12.4. The molecule has 0 radical (unpaired) electrons. The Morgan fingerprint density at radius 1 is 0.302 bits per heavy atom. The van der Waals surface area contributed by atoms with Gasteiger partial charge in [-0.1, -0.05) is 186 Å². The van der Waals surface area contributed by atoms with Gasteiger partial charge in [-0.3, -0.25) is 0 Å². The van der Waals surface area contributed by atoms with Crippen molar-refractivity contribution in [3.05, 3.63) is 266 Å². The van der Waals surface area contributed by atoms with Crippen LogP contribution in [0.15, 0.2) is 177 Å². The minimum atomic E-state index is -2.05. The highest BCUT2D eigenvalue weighted by Gasteiger charge is 2.26. The third-order valence-corrected chi connectivity index (χ3v) is 18.5. The molecule has 0 aliphatic rings. The van der Waals surface area contributed by atoms with Crippen molar-refractivity contribution >= 4 is 0 Å². The van der Waals surface area contributed by atoms with Crippen molar-refractivity contribution in [1.82, 2.24) is 0 Å². The predicted octanol–water partition coefficient (Wildman–Crippen LogP) is 20.7. The Balaban J connectivity index is 0.000000195. The number of aromatic nitrogens is 5. The lowest BCUT2D eigenvalue weighted by Gasteiger charge is -2.20. The summed E-state index contributed by atoms with van der Waals surface area (Å²) in [5, 5.41) is 0. The first kappa shape index (κ1) is 72.1. The number of rotatable bonds is 7. The fraction of sp³-hybridized carbons (Fsp3) is 0.396. The zero-order valence-corrected chi connectivity index (χ0v) is 64.8. The molecule has 506 valence electrons. The van der Waals surface area contributed by atoms with Crippen LogP contribution in [0.3, 0.4) is 0 Å². The lowest BCUT2D eigenvalue weighted by molar-refractivity contribution is -0.661. The minimum Gasteiger partial charge on any atom is -0.201 e. The minimum absolute atomic E-state index is 0.108. The molecule has 5 aromatic heterocycles. The van der Waals surface area contributed by atoms with E-state index in [4.69, 9.17) is 4.11 Å². The van der Waals surface area contributed by atoms with E-state index in [0.717, 1.165) is 23.2 Å². The summed E-state index contributed by atoms with van der Waals surface area (Å²) in [6, 6.07) is 51.5. The van der Waals surface area contributed by atoms with Crippen molar-refractivity contribution in [2.24, 2.45) is 41.2 Å². The molecule has 0 N–H and O–H groups in total. The Labute approximate surface area is 587 Å². The Morgan fingerprint density at radius 2 is 0.615 bits per heavy atom. The van der Waals surface area contributed by atoms with E-state index < -0.39 is 6.85 Å². The topological polar surface area (TPSA) is 19.4 Å². The molecule has 96 heavy (non-hydrogen) atoms. The molecule has 0 saturated heterocycles. The molecule has 0 bridgehead atoms. The zero-order valence-electron chi connectivity index (χ0n) is 67.8. The van der Waals surface area contributed by atoms with E-state index in [1.165, 1.54) is 123 Å². The van der Waals surface area contributed by atoms with Crippen LogP contribution in [0.2, 0.25) is 0 Å². The lowest BCUT2D eigenvalue weighted by atomic mass is 9.84. The number of aryl methyl sites for hydroxylation is 16. The fourth-order valence-electron chi connectivity index (χ4n) is 12.9. The first-order valence-electron chi connectivity index (χ1n) is 36.2. The molecule has 0 fully saturated rings. The van der Waals surface area contributed by atoms with Crippen molar-refractivity contribution in [1.29, 1.82) is 0 Å². The predicted molar refractivity (Wildman–Crippen MR) is 411 cm³/mol. The number of benzene rings is 5. The first-order valence-corrected chi connectivity index (χ1v) is 34.7. The van der Waals surface area contributed by atoms with Crippen LogP contribution in [0.5, 0.6) is 0 Å². The van der Waals surface area contributed by atoms with Crippen molar-refractivity contribution in [3.8, 4) is 56.3 Å². The van der Waals surface area contributed by atoms with E-state index in [9.17, 15) is 0 Å². The van der Waals surface area contributed by atoms with Crippen molar-refractivity contribution in [2.75, 3.05) is 0 Å². The van der Waals surface area contributed by atoms with Crippen LogP contribution in [0.4, 0.5) is 0 Å². The molecule has 0 spiro atoms. The molecule has 10 aromatic rings. The molecule has 0 aliphatic carbocycles. The average Bonchev–Trinajstić information content (AvgIpc) is 0.816. The molecular formula is C91H122N5+5. The highest BCUT2D eigenvalue weighted by molar-refractivity contribution is 5.66. The molecule has 0 atom stereocenters. The number of hydrogen-bond acceptors (Lipinski definition) is 0. The van der Waals surface area contributed by atoms with Gasteiger partial charge in [0.1, 0.15) is 35.2 Å². The Kier molecular flexibility index (Phi) is 23.9. The van der Waals surface area contributed by atoms with Gasteiger partial charge in [0.05, 0.1) is 0 Å². The van der Waals surface area contributed by atoms with Crippen molar-refractivity contribution < 1.29 is 26.9 Å². The highest BCUT2D eigenvalue weighted by atomic mass is 14.9. The standard InChI is InChI=1S/C19H26N.4C18H24N/c1-13(2)9-17-12-20(6)19(11-15(17)4)18-8-7-14(3)10-16(18)5;2*1-13-7-9-16(14(2)11-13)17-10-8-15(12-19(17)6)18(3,4)5;2*1-13-9-7-8-10-15(13)17-11-14(2)16(12-19(17)6)18(3,4)5/h7-8,10-13H,9H2,1-6H3;4*7-12H,1-6H3/q5*+1/i;1D3;;;. The van der Waals surface area contributed by atoms with Gasteiger partial charge < -0.3 is 0 Å². The third-order valence-electron chi connectivity index (χ3n) is 18.5. The normalized spacial score (nSPS) is 12.2. The van der Waals surface area contributed by atoms with E-state index in [1.54, 1.807) is 12.1 Å². The van der Waals surface area contributed by atoms with Crippen LogP contribution in [-0.4, -0.2) is 0 Å². The SMILES string of the molecule is Cc1ccc(-c2cc(C)c(CC(C)C)c[n+]2C)c(C)c1.Cc1ccc(-c2ccc(C(C)(C)C)c[n+]2C)c(C)c1.Cc1ccccc1-c1cc(C)c(C(C)(C)C)c[n+]1C.Cc1ccccc1-c1cc(C)c(C(C)(C)C)c[n+]1C.[2H]C([2H])([2H])c1ccc(-c2ccc(C(C)(C)C)c[n+]2C)c(C)c1. The molecule has 0 saturated carbocycles. The van der Waals surface area contributed by atoms with Gasteiger partial charge in [0.25, 0.3) is 0 Å². The van der Waals surface area contributed by atoms with Crippen LogP contribution >= 0.6 is 0 Å². The highest BCUT2D eigenvalue weighted by Crippen LogP contribution is 2.32. The number of pyridine rings is 5.